The predicted octanol–water partition coefficient (Wildman–Crippen LogP) is 1.04. The number of nitriles is 1. The molecule has 0 aliphatic rings. The van der Waals surface area contributed by atoms with Crippen molar-refractivity contribution in [2.45, 2.75) is 19.4 Å². The quantitative estimate of drug-likeness (QED) is 0.821. The molecule has 0 saturated carbocycles. The number of carbonyl (C=O) groups excluding carboxylic acids is 1. The zero-order valence-corrected chi connectivity index (χ0v) is 9.34. The van der Waals surface area contributed by atoms with Crippen LogP contribution in [-0.2, 0) is 0 Å². The lowest BCUT2D eigenvalue weighted by Crippen LogP contribution is -2.35. The van der Waals surface area contributed by atoms with E-state index in [0.717, 1.165) is 0 Å². The van der Waals surface area contributed by atoms with Gasteiger partial charge in [-0.1, -0.05) is 0 Å². The lowest BCUT2D eigenvalue weighted by molar-refractivity contribution is 0.0747. The molecule has 84 valence electrons. The van der Waals surface area contributed by atoms with Crippen LogP contribution in [0.25, 0.3) is 0 Å². The van der Waals surface area contributed by atoms with Crippen molar-refractivity contribution < 1.29 is 4.79 Å². The molecule has 0 aliphatic carbocycles. The van der Waals surface area contributed by atoms with E-state index in [4.69, 9.17) is 11.0 Å². The summed E-state index contributed by atoms with van der Waals surface area (Å²) in [6.07, 6.45) is 3.26. The largest absolute Gasteiger partial charge is 0.398 e. The second-order valence-electron chi connectivity index (χ2n) is 3.59. The Bertz CT molecular complexity index is 424. The summed E-state index contributed by atoms with van der Waals surface area (Å²) < 4.78 is 0. The number of rotatable bonds is 3. The molecule has 1 amide bonds. The van der Waals surface area contributed by atoms with Crippen molar-refractivity contribution in [3.63, 3.8) is 0 Å². The third-order valence-electron chi connectivity index (χ3n) is 2.45. The molecule has 0 aliphatic heterocycles. The van der Waals surface area contributed by atoms with Crippen LogP contribution in [0.1, 0.15) is 23.7 Å². The van der Waals surface area contributed by atoms with Crippen molar-refractivity contribution in [2.75, 3.05) is 12.8 Å². The average Bonchev–Trinajstić information content (AvgIpc) is 2.28. The van der Waals surface area contributed by atoms with Crippen molar-refractivity contribution in [2.24, 2.45) is 0 Å². The molecule has 16 heavy (non-hydrogen) atoms. The maximum Gasteiger partial charge on any atom is 0.257 e. The molecule has 5 nitrogen and oxygen atoms in total. The van der Waals surface area contributed by atoms with E-state index >= 15 is 0 Å². The fraction of sp³-hybridized carbons (Fsp3) is 0.364. The first kappa shape index (κ1) is 12.0. The molecule has 1 aromatic rings. The highest BCUT2D eigenvalue weighted by molar-refractivity contribution is 5.98. The monoisotopic (exact) mass is 218 g/mol. The summed E-state index contributed by atoms with van der Waals surface area (Å²) >= 11 is 0. The van der Waals surface area contributed by atoms with E-state index in [9.17, 15) is 4.79 Å². The highest BCUT2D eigenvalue weighted by Crippen LogP contribution is 2.13. The molecule has 5 heteroatoms. The molecule has 1 unspecified atom stereocenters. The van der Waals surface area contributed by atoms with Crippen LogP contribution < -0.4 is 5.73 Å². The molecule has 0 radical (unpaired) electrons. The number of amides is 1. The van der Waals surface area contributed by atoms with Gasteiger partial charge in [-0.3, -0.25) is 9.78 Å². The van der Waals surface area contributed by atoms with E-state index in [0.29, 0.717) is 17.7 Å². The van der Waals surface area contributed by atoms with Gasteiger partial charge in [-0.25, -0.2) is 0 Å². The minimum atomic E-state index is -0.214. The van der Waals surface area contributed by atoms with Gasteiger partial charge in [0.15, 0.2) is 0 Å². The smallest absolute Gasteiger partial charge is 0.257 e. The van der Waals surface area contributed by atoms with E-state index in [2.05, 4.69) is 4.98 Å². The summed E-state index contributed by atoms with van der Waals surface area (Å²) in [5.41, 5.74) is 6.45. The van der Waals surface area contributed by atoms with Crippen molar-refractivity contribution >= 4 is 11.6 Å². The van der Waals surface area contributed by atoms with Crippen LogP contribution in [0.3, 0.4) is 0 Å². The number of pyridine rings is 1. The van der Waals surface area contributed by atoms with E-state index in [-0.39, 0.29) is 11.9 Å². The lowest BCUT2D eigenvalue weighted by atomic mass is 10.1. The van der Waals surface area contributed by atoms with Gasteiger partial charge in [0.05, 0.1) is 18.1 Å². The van der Waals surface area contributed by atoms with Gasteiger partial charge in [0.2, 0.25) is 0 Å². The van der Waals surface area contributed by atoms with Crippen molar-refractivity contribution in [1.29, 1.82) is 5.26 Å². The second kappa shape index (κ2) is 5.12. The van der Waals surface area contributed by atoms with Gasteiger partial charge in [0.1, 0.15) is 0 Å². The number of carbonyl (C=O) groups is 1. The Balaban J connectivity index is 2.87. The fourth-order valence-electron chi connectivity index (χ4n) is 1.24. The number of hydrogen-bond acceptors (Lipinski definition) is 4. The molecule has 0 saturated heterocycles. The maximum absolute atomic E-state index is 12.0. The summed E-state index contributed by atoms with van der Waals surface area (Å²) in [4.78, 5) is 17.3. The topological polar surface area (TPSA) is 83.0 Å². The van der Waals surface area contributed by atoms with Crippen LogP contribution in [0, 0.1) is 11.3 Å². The molecule has 1 atom stereocenters. The summed E-state index contributed by atoms with van der Waals surface area (Å²) in [6, 6.07) is 3.47. The highest BCUT2D eigenvalue weighted by Gasteiger charge is 2.19. The molecular weight excluding hydrogens is 204 g/mol. The van der Waals surface area contributed by atoms with Gasteiger partial charge < -0.3 is 10.6 Å². The molecule has 0 fully saturated rings. The normalized spacial score (nSPS) is 11.6. The van der Waals surface area contributed by atoms with Gasteiger partial charge in [-0.2, -0.15) is 5.26 Å². The zero-order chi connectivity index (χ0) is 12.1. The summed E-state index contributed by atoms with van der Waals surface area (Å²) in [5, 5.41) is 8.57. The first-order chi connectivity index (χ1) is 7.57. The molecule has 1 aromatic heterocycles. The maximum atomic E-state index is 12.0. The Kier molecular flexibility index (Phi) is 3.84. The molecule has 1 rings (SSSR count). The van der Waals surface area contributed by atoms with E-state index < -0.39 is 0 Å². The summed E-state index contributed by atoms with van der Waals surface area (Å²) in [6.45, 7) is 1.81. The first-order valence-corrected chi connectivity index (χ1v) is 4.91. The van der Waals surface area contributed by atoms with Gasteiger partial charge in [-0.05, 0) is 13.0 Å². The Hall–Kier alpha value is -2.09. The Morgan fingerprint density at radius 3 is 3.00 bits per heavy atom. The Labute approximate surface area is 94.5 Å². The number of hydrogen-bond donors (Lipinski definition) is 1. The minimum Gasteiger partial charge on any atom is -0.398 e. The predicted molar refractivity (Wildman–Crippen MR) is 60.4 cm³/mol. The Morgan fingerprint density at radius 1 is 1.75 bits per heavy atom. The molecule has 0 bridgehead atoms. The fourth-order valence-corrected chi connectivity index (χ4v) is 1.24. The molecule has 1 heterocycles. The standard InChI is InChI=1S/C11H14N4O/c1-8(3-5-12)15(2)11(16)9-7-14-6-4-10(9)13/h4,6-8H,3H2,1-2H3,(H2,13,14). The van der Waals surface area contributed by atoms with E-state index in [1.807, 2.05) is 13.0 Å². The van der Waals surface area contributed by atoms with Crippen molar-refractivity contribution in [3.8, 4) is 6.07 Å². The van der Waals surface area contributed by atoms with Crippen LogP contribution in [0.4, 0.5) is 5.69 Å². The van der Waals surface area contributed by atoms with Crippen LogP contribution in [-0.4, -0.2) is 28.9 Å². The highest BCUT2D eigenvalue weighted by atomic mass is 16.2. The van der Waals surface area contributed by atoms with Gasteiger partial charge >= 0.3 is 0 Å². The summed E-state index contributed by atoms with van der Waals surface area (Å²) in [5.74, 6) is -0.214. The van der Waals surface area contributed by atoms with Gasteiger partial charge in [0.25, 0.3) is 5.91 Å². The van der Waals surface area contributed by atoms with Crippen LogP contribution in [0.5, 0.6) is 0 Å². The van der Waals surface area contributed by atoms with E-state index in [1.54, 1.807) is 13.1 Å². The third-order valence-corrected chi connectivity index (χ3v) is 2.45. The average molecular weight is 218 g/mol. The number of nitrogens with zero attached hydrogens (tertiary/aromatic N) is 3. The minimum absolute atomic E-state index is 0.142. The first-order valence-electron chi connectivity index (χ1n) is 4.91. The van der Waals surface area contributed by atoms with Gasteiger partial charge in [-0.15, -0.1) is 0 Å². The number of aromatic nitrogens is 1. The molecule has 0 aromatic carbocycles. The second-order valence-corrected chi connectivity index (χ2v) is 3.59. The van der Waals surface area contributed by atoms with E-state index in [1.165, 1.54) is 17.3 Å². The lowest BCUT2D eigenvalue weighted by Gasteiger charge is -2.23. The van der Waals surface area contributed by atoms with Crippen LogP contribution in [0.2, 0.25) is 0 Å². The number of anilines is 1. The number of nitrogen functional groups attached to an aromatic ring is 1. The van der Waals surface area contributed by atoms with Crippen molar-refractivity contribution in [1.82, 2.24) is 9.88 Å². The molecule has 2 N–H and O–H groups in total. The summed E-state index contributed by atoms with van der Waals surface area (Å²) in [7, 11) is 1.65. The molecule has 0 spiro atoms. The van der Waals surface area contributed by atoms with Crippen LogP contribution >= 0.6 is 0 Å². The van der Waals surface area contributed by atoms with Crippen molar-refractivity contribution in [3.05, 3.63) is 24.0 Å². The van der Waals surface area contributed by atoms with Crippen LogP contribution in [0.15, 0.2) is 18.5 Å². The van der Waals surface area contributed by atoms with Gasteiger partial charge in [0, 0.05) is 31.2 Å². The third kappa shape index (κ3) is 2.48. The SMILES string of the molecule is CC(CC#N)N(C)C(=O)c1cnccc1N. The number of nitrogens with two attached hydrogens (primary N) is 1. The Morgan fingerprint density at radius 2 is 2.44 bits per heavy atom. The molecular formula is C11H14N4O. The zero-order valence-electron chi connectivity index (χ0n) is 9.34.